The van der Waals surface area contributed by atoms with Gasteiger partial charge in [-0.1, -0.05) is 23.4 Å². The summed E-state index contributed by atoms with van der Waals surface area (Å²) in [5.74, 6) is -0.0669. The molecule has 1 aromatic heterocycles. The second-order valence-corrected chi connectivity index (χ2v) is 6.72. The highest BCUT2D eigenvalue weighted by molar-refractivity contribution is 5.86. The number of carbonyl (C=O) groups excluding carboxylic acids is 1. The summed E-state index contributed by atoms with van der Waals surface area (Å²) in [6, 6.07) is 12.6. The van der Waals surface area contributed by atoms with Gasteiger partial charge in [0, 0.05) is 37.3 Å². The predicted molar refractivity (Wildman–Crippen MR) is 98.0 cm³/mol. The van der Waals surface area contributed by atoms with E-state index >= 15 is 0 Å². The molecule has 1 aliphatic heterocycles. The zero-order chi connectivity index (χ0) is 19.7. The Morgan fingerprint density at radius 3 is 2.54 bits per heavy atom. The normalized spacial score (nSPS) is 15.2. The van der Waals surface area contributed by atoms with E-state index in [4.69, 9.17) is 4.52 Å². The van der Waals surface area contributed by atoms with Crippen molar-refractivity contribution >= 4 is 22.6 Å². The van der Waals surface area contributed by atoms with Gasteiger partial charge < -0.3 is 14.3 Å². The molecule has 1 aliphatic rings. The van der Waals surface area contributed by atoms with E-state index in [2.05, 4.69) is 5.16 Å². The second kappa shape index (κ2) is 7.18. The molecule has 0 bridgehead atoms. The van der Waals surface area contributed by atoms with Gasteiger partial charge >= 0.3 is 6.18 Å². The topological polar surface area (TPSA) is 49.6 Å². The molecule has 0 atom stereocenters. The quantitative estimate of drug-likeness (QED) is 0.685. The van der Waals surface area contributed by atoms with Gasteiger partial charge in [0.2, 0.25) is 5.91 Å². The third-order valence-corrected chi connectivity index (χ3v) is 4.94. The summed E-state index contributed by atoms with van der Waals surface area (Å²) in [6.45, 7) is 1.86. The van der Waals surface area contributed by atoms with Crippen molar-refractivity contribution in [1.29, 1.82) is 0 Å². The van der Waals surface area contributed by atoms with Crippen LogP contribution in [0.5, 0.6) is 0 Å². The Morgan fingerprint density at radius 1 is 1.04 bits per heavy atom. The number of aromatic nitrogens is 1. The van der Waals surface area contributed by atoms with E-state index in [1.807, 2.05) is 23.1 Å². The molecular weight excluding hydrogens is 371 g/mol. The molecule has 1 saturated heterocycles. The summed E-state index contributed by atoms with van der Waals surface area (Å²) < 4.78 is 44.0. The molecule has 1 amide bonds. The van der Waals surface area contributed by atoms with Crippen molar-refractivity contribution < 1.29 is 22.5 Å². The van der Waals surface area contributed by atoms with Gasteiger partial charge in [-0.15, -0.1) is 0 Å². The summed E-state index contributed by atoms with van der Waals surface area (Å²) in [4.78, 5) is 16.2. The molecular formula is C20H18F3N3O2. The molecule has 5 nitrogen and oxygen atoms in total. The number of anilines is 1. The fourth-order valence-corrected chi connectivity index (χ4v) is 3.41. The number of para-hydroxylation sites is 1. The minimum Gasteiger partial charge on any atom is -0.368 e. The largest absolute Gasteiger partial charge is 0.416 e. The maximum Gasteiger partial charge on any atom is 0.416 e. The minimum atomic E-state index is -4.37. The molecule has 0 spiro atoms. The zero-order valence-electron chi connectivity index (χ0n) is 14.9. The zero-order valence-corrected chi connectivity index (χ0v) is 14.9. The highest BCUT2D eigenvalue weighted by atomic mass is 19.4. The number of piperazine rings is 1. The number of rotatable bonds is 3. The molecule has 2 heterocycles. The summed E-state index contributed by atoms with van der Waals surface area (Å²) >= 11 is 0. The van der Waals surface area contributed by atoms with E-state index in [1.54, 1.807) is 17.0 Å². The van der Waals surface area contributed by atoms with Crippen LogP contribution in [0, 0.1) is 0 Å². The molecule has 0 aliphatic carbocycles. The highest BCUT2D eigenvalue weighted by Crippen LogP contribution is 2.32. The molecule has 0 saturated carbocycles. The monoisotopic (exact) mass is 389 g/mol. The number of alkyl halides is 3. The molecule has 28 heavy (non-hydrogen) atoms. The first kappa shape index (κ1) is 18.3. The lowest BCUT2D eigenvalue weighted by atomic mass is 10.1. The van der Waals surface area contributed by atoms with Gasteiger partial charge in [-0.05, 0) is 30.3 Å². The summed E-state index contributed by atoms with van der Waals surface area (Å²) in [6.07, 6.45) is -4.23. The van der Waals surface area contributed by atoms with Crippen LogP contribution in [0.25, 0.3) is 11.0 Å². The summed E-state index contributed by atoms with van der Waals surface area (Å²) in [5, 5.41) is 4.80. The number of hydrogen-bond donors (Lipinski definition) is 0. The number of benzene rings is 2. The Balaban J connectivity index is 1.39. The van der Waals surface area contributed by atoms with E-state index in [-0.39, 0.29) is 12.3 Å². The van der Waals surface area contributed by atoms with Gasteiger partial charge in [0.05, 0.1) is 12.0 Å². The number of carbonyl (C=O) groups is 1. The number of nitrogens with zero attached hydrogens (tertiary/aromatic N) is 3. The standard InChI is InChI=1S/C20H18F3N3O2/c21-20(22,23)14-4-3-5-15(12-14)25-8-10-26(11-9-25)19(27)13-17-16-6-1-2-7-18(16)28-24-17/h1-7,12H,8-11,13H2. The van der Waals surface area contributed by atoms with E-state index in [9.17, 15) is 18.0 Å². The van der Waals surface area contributed by atoms with Crippen LogP contribution in [0.4, 0.5) is 18.9 Å². The van der Waals surface area contributed by atoms with Gasteiger partial charge in [0.1, 0.15) is 5.69 Å². The van der Waals surface area contributed by atoms with Crippen LogP contribution < -0.4 is 4.90 Å². The number of amides is 1. The van der Waals surface area contributed by atoms with Crippen molar-refractivity contribution in [3.8, 4) is 0 Å². The predicted octanol–water partition coefficient (Wildman–Crippen LogP) is 3.74. The van der Waals surface area contributed by atoms with E-state index < -0.39 is 11.7 Å². The Labute approximate surface area is 159 Å². The van der Waals surface area contributed by atoms with Gasteiger partial charge in [-0.2, -0.15) is 13.2 Å². The SMILES string of the molecule is O=C(Cc1noc2ccccc12)N1CCN(c2cccc(C(F)(F)F)c2)CC1. The fraction of sp³-hybridized carbons (Fsp3) is 0.300. The van der Waals surface area contributed by atoms with E-state index in [0.29, 0.717) is 43.1 Å². The first-order valence-corrected chi connectivity index (χ1v) is 8.95. The molecule has 8 heteroatoms. The van der Waals surface area contributed by atoms with Crippen molar-refractivity contribution in [2.75, 3.05) is 31.1 Å². The van der Waals surface area contributed by atoms with Crippen molar-refractivity contribution in [1.82, 2.24) is 10.1 Å². The summed E-state index contributed by atoms with van der Waals surface area (Å²) in [5.41, 5.74) is 1.09. The van der Waals surface area contributed by atoms with E-state index in [1.165, 1.54) is 6.07 Å². The molecule has 2 aromatic carbocycles. The van der Waals surface area contributed by atoms with Crippen LogP contribution in [-0.2, 0) is 17.4 Å². The van der Waals surface area contributed by atoms with Crippen LogP contribution in [0.2, 0.25) is 0 Å². The van der Waals surface area contributed by atoms with Crippen molar-refractivity contribution in [2.45, 2.75) is 12.6 Å². The van der Waals surface area contributed by atoms with Gasteiger partial charge in [-0.25, -0.2) is 0 Å². The lowest BCUT2D eigenvalue weighted by Crippen LogP contribution is -2.49. The Morgan fingerprint density at radius 2 is 1.79 bits per heavy atom. The Kier molecular flexibility index (Phi) is 4.70. The average molecular weight is 389 g/mol. The third-order valence-electron chi connectivity index (χ3n) is 4.94. The van der Waals surface area contributed by atoms with Crippen LogP contribution in [0.1, 0.15) is 11.3 Å². The van der Waals surface area contributed by atoms with Crippen LogP contribution >= 0.6 is 0 Å². The smallest absolute Gasteiger partial charge is 0.368 e. The van der Waals surface area contributed by atoms with Crippen LogP contribution in [0.15, 0.2) is 53.1 Å². The molecule has 3 aromatic rings. The Bertz CT molecular complexity index is 992. The van der Waals surface area contributed by atoms with Crippen molar-refractivity contribution in [3.63, 3.8) is 0 Å². The molecule has 0 N–H and O–H groups in total. The summed E-state index contributed by atoms with van der Waals surface area (Å²) in [7, 11) is 0. The van der Waals surface area contributed by atoms with Gasteiger partial charge in [0.15, 0.2) is 5.58 Å². The van der Waals surface area contributed by atoms with E-state index in [0.717, 1.165) is 17.5 Å². The Hall–Kier alpha value is -3.03. The number of fused-ring (bicyclic) bond motifs is 1. The molecule has 0 unspecified atom stereocenters. The number of halogens is 3. The first-order valence-electron chi connectivity index (χ1n) is 8.95. The van der Waals surface area contributed by atoms with Crippen LogP contribution in [-0.4, -0.2) is 42.1 Å². The molecule has 146 valence electrons. The maximum absolute atomic E-state index is 12.9. The first-order chi connectivity index (χ1) is 13.4. The van der Waals surface area contributed by atoms with Gasteiger partial charge in [-0.3, -0.25) is 4.79 Å². The lowest BCUT2D eigenvalue weighted by Gasteiger charge is -2.36. The average Bonchev–Trinajstić information content (AvgIpc) is 3.10. The minimum absolute atomic E-state index is 0.0669. The molecule has 4 rings (SSSR count). The fourth-order valence-electron chi connectivity index (χ4n) is 3.41. The third kappa shape index (κ3) is 3.67. The lowest BCUT2D eigenvalue weighted by molar-refractivity contribution is -0.137. The second-order valence-electron chi connectivity index (χ2n) is 6.72. The van der Waals surface area contributed by atoms with Crippen molar-refractivity contribution in [2.24, 2.45) is 0 Å². The number of hydrogen-bond acceptors (Lipinski definition) is 4. The van der Waals surface area contributed by atoms with Crippen LogP contribution in [0.3, 0.4) is 0 Å². The highest BCUT2D eigenvalue weighted by Gasteiger charge is 2.31. The van der Waals surface area contributed by atoms with Crippen molar-refractivity contribution in [3.05, 3.63) is 59.8 Å². The molecule has 1 fully saturated rings. The van der Waals surface area contributed by atoms with Gasteiger partial charge in [0.25, 0.3) is 0 Å². The maximum atomic E-state index is 12.9. The molecule has 0 radical (unpaired) electrons.